The average Bonchev–Trinajstić information content (AvgIpc) is 2.80. The highest BCUT2D eigenvalue weighted by Gasteiger charge is 2.04. The number of aldehydes is 1. The molecule has 0 atom stereocenters. The molecule has 0 saturated heterocycles. The summed E-state index contributed by atoms with van der Waals surface area (Å²) < 4.78 is 7.23. The van der Waals surface area contributed by atoms with Gasteiger partial charge in [0.25, 0.3) is 0 Å². The van der Waals surface area contributed by atoms with Crippen LogP contribution in [0.5, 0.6) is 0 Å². The van der Waals surface area contributed by atoms with Crippen molar-refractivity contribution in [1.29, 1.82) is 0 Å². The molecule has 0 aromatic carbocycles. The van der Waals surface area contributed by atoms with Crippen molar-refractivity contribution in [2.75, 3.05) is 7.05 Å². The highest BCUT2D eigenvalue weighted by atomic mass is 32.1. The van der Waals surface area contributed by atoms with E-state index >= 15 is 0 Å². The third kappa shape index (κ3) is 6.09. The number of rotatable bonds is 4. The van der Waals surface area contributed by atoms with E-state index in [1.807, 2.05) is 25.2 Å². The van der Waals surface area contributed by atoms with Crippen molar-refractivity contribution in [2.45, 2.75) is 20.3 Å². The molecule has 0 bridgehead atoms. The summed E-state index contributed by atoms with van der Waals surface area (Å²) in [6.45, 7) is 3.98. The third-order valence-electron chi connectivity index (χ3n) is 1.78. The molecule has 1 aromatic rings. The van der Waals surface area contributed by atoms with Crippen molar-refractivity contribution in [3.63, 3.8) is 0 Å². The lowest BCUT2D eigenvalue weighted by Crippen LogP contribution is -1.78. The van der Waals surface area contributed by atoms with Gasteiger partial charge in [-0.2, -0.15) is 0 Å². The lowest BCUT2D eigenvalue weighted by atomic mass is 10.1. The Morgan fingerprint density at radius 2 is 2.29 bits per heavy atom. The van der Waals surface area contributed by atoms with Gasteiger partial charge in [-0.15, -0.1) is 0 Å². The number of aromatic nitrogens is 1. The minimum Gasteiger partial charge on any atom is -0.353 e. The Morgan fingerprint density at radius 3 is 2.71 bits per heavy atom. The molecular formula is C12H18N2O2S. The summed E-state index contributed by atoms with van der Waals surface area (Å²) in [7, 11) is 1.74. The second-order valence-corrected chi connectivity index (χ2v) is 3.46. The van der Waals surface area contributed by atoms with Crippen LogP contribution in [0.3, 0.4) is 0 Å². The van der Waals surface area contributed by atoms with E-state index in [0.717, 1.165) is 12.0 Å². The number of hydrogen-bond donors (Lipinski definition) is 2. The average molecular weight is 254 g/mol. The standard InChI is InChI=1S/C11H13NO2.CH5NS/c1-3-5-6-9(4-2)11-7-10(8-13)14-12-11;1-2-3/h4-8H,3H2,1-2H3;2-3H,1H3/b6-5-,9-4+;. The lowest BCUT2D eigenvalue weighted by Gasteiger charge is -1.92. The van der Waals surface area contributed by atoms with Crippen LogP contribution < -0.4 is 4.72 Å². The quantitative estimate of drug-likeness (QED) is 0.493. The first kappa shape index (κ1) is 15.7. The first-order valence-electron chi connectivity index (χ1n) is 5.29. The molecule has 94 valence electrons. The molecule has 0 aliphatic carbocycles. The van der Waals surface area contributed by atoms with Crippen molar-refractivity contribution in [2.24, 2.45) is 0 Å². The van der Waals surface area contributed by atoms with Crippen molar-refractivity contribution in [3.05, 3.63) is 35.7 Å². The Hall–Kier alpha value is -1.33. The number of allylic oxidation sites excluding steroid dienone is 4. The zero-order chi connectivity index (χ0) is 13.1. The molecule has 0 saturated carbocycles. The van der Waals surface area contributed by atoms with E-state index in [0.29, 0.717) is 12.0 Å². The van der Waals surface area contributed by atoms with Gasteiger partial charge in [0.05, 0.1) is 0 Å². The Balaban J connectivity index is 0.000000770. The molecule has 0 radical (unpaired) electrons. The van der Waals surface area contributed by atoms with Crippen LogP contribution in [0.25, 0.3) is 5.57 Å². The summed E-state index contributed by atoms with van der Waals surface area (Å²) in [5, 5.41) is 3.79. The van der Waals surface area contributed by atoms with E-state index in [2.05, 4.69) is 29.6 Å². The van der Waals surface area contributed by atoms with Gasteiger partial charge in [-0.05, 0) is 26.0 Å². The number of carbonyl (C=O) groups excluding carboxylic acids is 1. The molecule has 5 heteroatoms. The second-order valence-electron chi connectivity index (χ2n) is 3.01. The van der Waals surface area contributed by atoms with Gasteiger partial charge >= 0.3 is 0 Å². The van der Waals surface area contributed by atoms with Gasteiger partial charge in [0.1, 0.15) is 5.69 Å². The van der Waals surface area contributed by atoms with E-state index in [-0.39, 0.29) is 5.76 Å². The summed E-state index contributed by atoms with van der Waals surface area (Å²) in [5.41, 5.74) is 1.66. The highest BCUT2D eigenvalue weighted by Crippen LogP contribution is 2.15. The molecule has 1 heterocycles. The van der Waals surface area contributed by atoms with Crippen molar-refractivity contribution >= 4 is 24.7 Å². The van der Waals surface area contributed by atoms with Gasteiger partial charge in [0.2, 0.25) is 0 Å². The first-order chi connectivity index (χ1) is 8.23. The van der Waals surface area contributed by atoms with E-state index in [4.69, 9.17) is 4.52 Å². The maximum absolute atomic E-state index is 10.4. The number of hydrogen-bond acceptors (Lipinski definition) is 5. The van der Waals surface area contributed by atoms with E-state index in [9.17, 15) is 4.79 Å². The van der Waals surface area contributed by atoms with Crippen LogP contribution in [-0.2, 0) is 0 Å². The minimum atomic E-state index is 0.254. The fraction of sp³-hybridized carbons (Fsp3) is 0.333. The molecule has 0 spiro atoms. The van der Waals surface area contributed by atoms with Gasteiger partial charge in [-0.1, -0.05) is 43.1 Å². The number of thiol groups is 1. The number of nitrogens with one attached hydrogen (secondary N) is 1. The molecule has 17 heavy (non-hydrogen) atoms. The maximum Gasteiger partial charge on any atom is 0.199 e. The molecule has 1 aromatic heterocycles. The molecule has 0 aliphatic rings. The maximum atomic E-state index is 10.4. The summed E-state index contributed by atoms with van der Waals surface area (Å²) in [6.07, 6.45) is 7.54. The van der Waals surface area contributed by atoms with E-state index < -0.39 is 0 Å². The molecule has 0 amide bonds. The van der Waals surface area contributed by atoms with Crippen LogP contribution >= 0.6 is 12.8 Å². The van der Waals surface area contributed by atoms with Crippen LogP contribution in [0.15, 0.2) is 28.8 Å². The minimum absolute atomic E-state index is 0.254. The fourth-order valence-electron chi connectivity index (χ4n) is 1.06. The van der Waals surface area contributed by atoms with Gasteiger partial charge in [0, 0.05) is 6.07 Å². The number of carbonyl (C=O) groups is 1. The van der Waals surface area contributed by atoms with Crippen LogP contribution in [0, 0.1) is 0 Å². The predicted octanol–water partition coefficient (Wildman–Crippen LogP) is 2.91. The van der Waals surface area contributed by atoms with Gasteiger partial charge < -0.3 is 4.52 Å². The molecule has 4 nitrogen and oxygen atoms in total. The van der Waals surface area contributed by atoms with Gasteiger partial charge in [-0.3, -0.25) is 9.52 Å². The normalized spacial score (nSPS) is 11.2. The molecule has 1 rings (SSSR count). The first-order valence-corrected chi connectivity index (χ1v) is 5.74. The molecule has 0 fully saturated rings. The van der Waals surface area contributed by atoms with E-state index in [1.165, 1.54) is 0 Å². The van der Waals surface area contributed by atoms with Gasteiger partial charge in [-0.25, -0.2) is 0 Å². The van der Waals surface area contributed by atoms with Crippen LogP contribution in [0.4, 0.5) is 0 Å². The second kappa shape index (κ2) is 9.86. The Bertz CT molecular complexity index is 384. The zero-order valence-electron chi connectivity index (χ0n) is 10.3. The lowest BCUT2D eigenvalue weighted by molar-refractivity contribution is 0.109. The topological polar surface area (TPSA) is 55.1 Å². The summed E-state index contributed by atoms with van der Waals surface area (Å²) in [5.74, 6) is 0.254. The molecular weight excluding hydrogens is 236 g/mol. The van der Waals surface area contributed by atoms with Crippen LogP contribution in [0.1, 0.15) is 36.5 Å². The smallest absolute Gasteiger partial charge is 0.199 e. The van der Waals surface area contributed by atoms with Gasteiger partial charge in [0.15, 0.2) is 12.0 Å². The third-order valence-corrected chi connectivity index (χ3v) is 1.78. The Morgan fingerprint density at radius 1 is 1.65 bits per heavy atom. The molecule has 1 N–H and O–H groups in total. The number of nitrogens with zero attached hydrogens (tertiary/aromatic N) is 1. The summed E-state index contributed by atoms with van der Waals surface area (Å²) >= 11 is 3.54. The fourth-order valence-corrected chi connectivity index (χ4v) is 1.06. The largest absolute Gasteiger partial charge is 0.353 e. The van der Waals surface area contributed by atoms with Crippen LogP contribution in [0.2, 0.25) is 0 Å². The van der Waals surface area contributed by atoms with Crippen LogP contribution in [-0.4, -0.2) is 18.5 Å². The summed E-state index contributed by atoms with van der Waals surface area (Å²) in [4.78, 5) is 10.4. The van der Waals surface area contributed by atoms with Crippen molar-refractivity contribution < 1.29 is 9.32 Å². The predicted molar refractivity (Wildman–Crippen MR) is 73.0 cm³/mol. The highest BCUT2D eigenvalue weighted by molar-refractivity contribution is 7.78. The van der Waals surface area contributed by atoms with Crippen molar-refractivity contribution in [1.82, 2.24) is 9.88 Å². The molecule has 0 aliphatic heterocycles. The van der Waals surface area contributed by atoms with Crippen molar-refractivity contribution in [3.8, 4) is 0 Å². The van der Waals surface area contributed by atoms with E-state index in [1.54, 1.807) is 13.1 Å². The Labute approximate surface area is 107 Å². The molecule has 0 unspecified atom stereocenters. The SMILES string of the molecule is C/C=C(\C=C/CC)c1cc(C=O)on1.CNS. The monoisotopic (exact) mass is 254 g/mol. The Kier molecular flexibility index (Phi) is 9.09. The zero-order valence-corrected chi connectivity index (χ0v) is 11.2. The summed E-state index contributed by atoms with van der Waals surface area (Å²) in [6, 6.07) is 1.63.